The van der Waals surface area contributed by atoms with Gasteiger partial charge in [-0.05, 0) is 0 Å². The molecule has 0 aliphatic carbocycles. The zero-order valence-electron chi connectivity index (χ0n) is 7.26. The number of aromatic nitrogens is 2. The van der Waals surface area contributed by atoms with Crippen LogP contribution in [0.1, 0.15) is 0 Å². The normalized spacial score (nSPS) is 10.1. The van der Waals surface area contributed by atoms with E-state index in [-0.39, 0.29) is 5.69 Å². The van der Waals surface area contributed by atoms with Gasteiger partial charge in [-0.25, -0.2) is 15.0 Å². The van der Waals surface area contributed by atoms with Gasteiger partial charge >= 0.3 is 5.69 Å². The van der Waals surface area contributed by atoms with Crippen LogP contribution in [0, 0.1) is 10.1 Å². The first kappa shape index (κ1) is 9.33. The molecule has 0 spiro atoms. The summed E-state index contributed by atoms with van der Waals surface area (Å²) in [5.74, 6) is 0.329. The summed E-state index contributed by atoms with van der Waals surface area (Å²) in [6.45, 7) is 0. The van der Waals surface area contributed by atoms with Gasteiger partial charge in [0.2, 0.25) is 5.95 Å². The van der Waals surface area contributed by atoms with E-state index < -0.39 is 4.92 Å². The van der Waals surface area contributed by atoms with Crippen LogP contribution in [0.4, 0.5) is 11.6 Å². The molecule has 7 heteroatoms. The summed E-state index contributed by atoms with van der Waals surface area (Å²) in [5, 5.41) is 11.9. The Labute approximate surface area is 74.5 Å². The Hall–Kier alpha value is -1.76. The van der Waals surface area contributed by atoms with Crippen LogP contribution in [-0.4, -0.2) is 34.0 Å². The second kappa shape index (κ2) is 3.76. The summed E-state index contributed by atoms with van der Waals surface area (Å²) < 4.78 is 0. The summed E-state index contributed by atoms with van der Waals surface area (Å²) in [5.41, 5.74) is 2.64. The lowest BCUT2D eigenvalue weighted by Crippen LogP contribution is -2.21. The molecule has 0 saturated carbocycles. The molecular weight excluding hydrogens is 174 g/mol. The molecule has 0 bridgehead atoms. The highest BCUT2D eigenvalue weighted by Crippen LogP contribution is 2.07. The molecule has 0 aromatic carbocycles. The third-order valence-electron chi connectivity index (χ3n) is 1.17. The maximum absolute atomic E-state index is 10.2. The maximum atomic E-state index is 10.2. The van der Waals surface area contributed by atoms with E-state index in [2.05, 4.69) is 15.4 Å². The first-order chi connectivity index (χ1) is 6.09. The summed E-state index contributed by atoms with van der Waals surface area (Å²) in [6, 6.07) is 0. The lowest BCUT2D eigenvalue weighted by Gasteiger charge is -2.10. The molecule has 1 aromatic rings. The molecule has 0 aliphatic heterocycles. The number of hydrazine groups is 1. The SMILES string of the molecule is CN(C)Nc1ncc([N+](=O)[O-])cn1. The zero-order chi connectivity index (χ0) is 9.84. The van der Waals surface area contributed by atoms with Gasteiger partial charge in [-0.3, -0.25) is 15.5 Å². The molecule has 1 N–H and O–H groups in total. The van der Waals surface area contributed by atoms with Gasteiger partial charge < -0.3 is 0 Å². The van der Waals surface area contributed by atoms with Crippen LogP contribution in [0.2, 0.25) is 0 Å². The number of nitro groups is 1. The fourth-order valence-corrected chi connectivity index (χ4v) is 0.673. The van der Waals surface area contributed by atoms with E-state index in [0.717, 1.165) is 12.4 Å². The maximum Gasteiger partial charge on any atom is 0.305 e. The molecule has 0 aliphatic rings. The second-order valence-corrected chi connectivity index (χ2v) is 2.53. The fourth-order valence-electron chi connectivity index (χ4n) is 0.673. The first-order valence-corrected chi connectivity index (χ1v) is 3.50. The Kier molecular flexibility index (Phi) is 2.70. The highest BCUT2D eigenvalue weighted by molar-refractivity contribution is 5.29. The van der Waals surface area contributed by atoms with E-state index in [9.17, 15) is 10.1 Å². The van der Waals surface area contributed by atoms with Crippen molar-refractivity contribution >= 4 is 11.6 Å². The van der Waals surface area contributed by atoms with Crippen molar-refractivity contribution in [1.82, 2.24) is 15.0 Å². The van der Waals surface area contributed by atoms with Crippen LogP contribution >= 0.6 is 0 Å². The van der Waals surface area contributed by atoms with Gasteiger partial charge in [0.1, 0.15) is 12.4 Å². The monoisotopic (exact) mass is 183 g/mol. The molecule has 0 atom stereocenters. The van der Waals surface area contributed by atoms with E-state index in [0.29, 0.717) is 5.95 Å². The quantitative estimate of drug-likeness (QED) is 0.535. The highest BCUT2D eigenvalue weighted by Gasteiger charge is 2.06. The predicted molar refractivity (Wildman–Crippen MR) is 46.0 cm³/mol. The molecule has 1 rings (SSSR count). The van der Waals surface area contributed by atoms with Crippen LogP contribution in [0.15, 0.2) is 12.4 Å². The predicted octanol–water partition coefficient (Wildman–Crippen LogP) is 0.273. The van der Waals surface area contributed by atoms with Crippen molar-refractivity contribution < 1.29 is 4.92 Å². The number of hydrogen-bond acceptors (Lipinski definition) is 6. The largest absolute Gasteiger partial charge is 0.305 e. The van der Waals surface area contributed by atoms with Crippen LogP contribution in [0.25, 0.3) is 0 Å². The van der Waals surface area contributed by atoms with Crippen molar-refractivity contribution in [3.05, 3.63) is 22.5 Å². The highest BCUT2D eigenvalue weighted by atomic mass is 16.6. The third kappa shape index (κ3) is 2.64. The fraction of sp³-hybridized carbons (Fsp3) is 0.333. The lowest BCUT2D eigenvalue weighted by atomic mass is 10.6. The number of rotatable bonds is 3. The van der Waals surface area contributed by atoms with Gasteiger partial charge in [0.05, 0.1) is 4.92 Å². The summed E-state index contributed by atoms with van der Waals surface area (Å²) >= 11 is 0. The summed E-state index contributed by atoms with van der Waals surface area (Å²) in [6.07, 6.45) is 2.30. The standard InChI is InChI=1S/C6H9N5O2/c1-10(2)9-6-7-3-5(4-8-6)11(12)13/h3-4H,1-2H3,(H,7,8,9). The molecule has 70 valence electrons. The van der Waals surface area contributed by atoms with E-state index in [4.69, 9.17) is 0 Å². The van der Waals surface area contributed by atoms with Crippen LogP contribution < -0.4 is 5.43 Å². The van der Waals surface area contributed by atoms with E-state index >= 15 is 0 Å². The number of anilines is 1. The molecule has 0 amide bonds. The van der Waals surface area contributed by atoms with E-state index in [1.54, 1.807) is 19.1 Å². The summed E-state index contributed by atoms with van der Waals surface area (Å²) in [7, 11) is 3.54. The Balaban J connectivity index is 2.75. The molecule has 0 fully saturated rings. The molecule has 1 heterocycles. The Bertz CT molecular complexity index is 296. The minimum Gasteiger partial charge on any atom is -0.287 e. The van der Waals surface area contributed by atoms with Gasteiger partial charge in [-0.15, -0.1) is 0 Å². The molecule has 0 radical (unpaired) electrons. The van der Waals surface area contributed by atoms with Gasteiger partial charge in [0.25, 0.3) is 0 Å². The first-order valence-electron chi connectivity index (χ1n) is 3.50. The molecule has 0 unspecified atom stereocenters. The van der Waals surface area contributed by atoms with Crippen LogP contribution in [0.3, 0.4) is 0 Å². The number of hydrogen-bond donors (Lipinski definition) is 1. The average molecular weight is 183 g/mol. The molecule has 13 heavy (non-hydrogen) atoms. The van der Waals surface area contributed by atoms with Crippen LogP contribution in [0.5, 0.6) is 0 Å². The van der Waals surface area contributed by atoms with Crippen molar-refractivity contribution in [2.45, 2.75) is 0 Å². The Morgan fingerprint density at radius 3 is 2.38 bits per heavy atom. The zero-order valence-corrected chi connectivity index (χ0v) is 7.26. The van der Waals surface area contributed by atoms with Crippen LogP contribution in [-0.2, 0) is 0 Å². The minimum absolute atomic E-state index is 0.121. The minimum atomic E-state index is -0.542. The molecule has 1 aromatic heterocycles. The van der Waals surface area contributed by atoms with Gasteiger partial charge in [-0.2, -0.15) is 0 Å². The number of nitrogens with zero attached hydrogens (tertiary/aromatic N) is 4. The second-order valence-electron chi connectivity index (χ2n) is 2.53. The van der Waals surface area contributed by atoms with Crippen molar-refractivity contribution in [3.8, 4) is 0 Å². The smallest absolute Gasteiger partial charge is 0.287 e. The van der Waals surface area contributed by atoms with Crippen molar-refractivity contribution in [1.29, 1.82) is 0 Å². The van der Waals surface area contributed by atoms with E-state index in [1.165, 1.54) is 0 Å². The van der Waals surface area contributed by atoms with Crippen molar-refractivity contribution in [2.24, 2.45) is 0 Å². The van der Waals surface area contributed by atoms with Crippen molar-refractivity contribution in [3.63, 3.8) is 0 Å². The Morgan fingerprint density at radius 1 is 1.46 bits per heavy atom. The third-order valence-corrected chi connectivity index (χ3v) is 1.17. The van der Waals surface area contributed by atoms with Gasteiger partial charge in [0, 0.05) is 14.1 Å². The van der Waals surface area contributed by atoms with Gasteiger partial charge in [-0.1, -0.05) is 0 Å². The van der Waals surface area contributed by atoms with Gasteiger partial charge in [0.15, 0.2) is 0 Å². The van der Waals surface area contributed by atoms with E-state index in [1.807, 2.05) is 0 Å². The summed E-state index contributed by atoms with van der Waals surface area (Å²) in [4.78, 5) is 17.2. The molecule has 0 saturated heterocycles. The topological polar surface area (TPSA) is 84.2 Å². The molecular formula is C6H9N5O2. The Morgan fingerprint density at radius 2 is 2.00 bits per heavy atom. The van der Waals surface area contributed by atoms with Crippen molar-refractivity contribution in [2.75, 3.05) is 19.5 Å². The molecule has 7 nitrogen and oxygen atoms in total. The lowest BCUT2D eigenvalue weighted by molar-refractivity contribution is -0.385. The average Bonchev–Trinajstić information content (AvgIpc) is 2.04. The number of nitrogens with one attached hydrogen (secondary N) is 1.